The molecule has 3 heteroatoms. The van der Waals surface area contributed by atoms with Gasteiger partial charge in [-0.05, 0) is 62.8 Å². The lowest BCUT2D eigenvalue weighted by molar-refractivity contribution is 0.326. The van der Waals surface area contributed by atoms with Crippen LogP contribution in [0.1, 0.15) is 37.8 Å². The zero-order valence-corrected chi connectivity index (χ0v) is 13.2. The van der Waals surface area contributed by atoms with E-state index in [9.17, 15) is 0 Å². The van der Waals surface area contributed by atoms with E-state index in [1.807, 2.05) is 6.92 Å². The first kappa shape index (κ1) is 13.4. The maximum atomic E-state index is 5.81. The summed E-state index contributed by atoms with van der Waals surface area (Å²) in [4.78, 5) is 0. The number of rotatable bonds is 5. The minimum atomic E-state index is 0.439. The fourth-order valence-electron chi connectivity index (χ4n) is 3.98. The lowest BCUT2D eigenvalue weighted by Crippen LogP contribution is -2.21. The molecular weight excluding hydrogens is 302 g/mol. The van der Waals surface area contributed by atoms with Gasteiger partial charge in [0.2, 0.25) is 0 Å². The van der Waals surface area contributed by atoms with Crippen LogP contribution >= 0.6 is 15.9 Å². The Bertz CT molecular complexity index is 452. The Morgan fingerprint density at radius 2 is 2.11 bits per heavy atom. The van der Waals surface area contributed by atoms with Crippen LogP contribution in [0.3, 0.4) is 0 Å². The van der Waals surface area contributed by atoms with E-state index in [0.717, 1.165) is 34.6 Å². The molecular formula is C16H22BrNO. The summed E-state index contributed by atoms with van der Waals surface area (Å²) in [6.07, 6.45) is 4.27. The summed E-state index contributed by atoms with van der Waals surface area (Å²) in [6, 6.07) is 6.81. The average Bonchev–Trinajstić information content (AvgIpc) is 2.86. The molecule has 3 rings (SSSR count). The molecule has 19 heavy (non-hydrogen) atoms. The van der Waals surface area contributed by atoms with Crippen LogP contribution in [-0.2, 0) is 0 Å². The van der Waals surface area contributed by atoms with Crippen LogP contribution < -0.4 is 10.1 Å². The monoisotopic (exact) mass is 323 g/mol. The minimum Gasteiger partial charge on any atom is -0.494 e. The fourth-order valence-corrected chi connectivity index (χ4v) is 4.35. The molecule has 0 radical (unpaired) electrons. The van der Waals surface area contributed by atoms with Gasteiger partial charge in [-0.25, -0.2) is 0 Å². The second-order valence-electron chi connectivity index (χ2n) is 5.72. The highest BCUT2D eigenvalue weighted by Crippen LogP contribution is 2.62. The molecule has 2 nitrogen and oxygen atoms in total. The lowest BCUT2D eigenvalue weighted by Gasteiger charge is -2.22. The predicted octanol–water partition coefficient (Wildman–Crippen LogP) is 4.15. The summed E-state index contributed by atoms with van der Waals surface area (Å²) in [5, 5.41) is 3.53. The molecule has 2 aliphatic rings. The summed E-state index contributed by atoms with van der Waals surface area (Å²) in [5.74, 6) is 3.75. The third-order valence-electron chi connectivity index (χ3n) is 4.78. The van der Waals surface area contributed by atoms with E-state index in [1.165, 1.54) is 24.8 Å². The molecule has 1 N–H and O–H groups in total. The van der Waals surface area contributed by atoms with Crippen LogP contribution in [0.2, 0.25) is 0 Å². The Morgan fingerprint density at radius 3 is 2.74 bits per heavy atom. The van der Waals surface area contributed by atoms with E-state index in [4.69, 9.17) is 4.74 Å². The quantitative estimate of drug-likeness (QED) is 0.878. The van der Waals surface area contributed by atoms with Crippen molar-refractivity contribution >= 4 is 15.9 Å². The molecule has 0 heterocycles. The van der Waals surface area contributed by atoms with Crippen molar-refractivity contribution < 1.29 is 4.74 Å². The van der Waals surface area contributed by atoms with Gasteiger partial charge in [0.25, 0.3) is 0 Å². The van der Waals surface area contributed by atoms with Gasteiger partial charge in [0.15, 0.2) is 0 Å². The molecule has 0 aromatic heterocycles. The van der Waals surface area contributed by atoms with Crippen LogP contribution in [-0.4, -0.2) is 13.7 Å². The Morgan fingerprint density at radius 1 is 1.37 bits per heavy atom. The molecule has 1 aromatic rings. The topological polar surface area (TPSA) is 21.3 Å². The van der Waals surface area contributed by atoms with Crippen molar-refractivity contribution in [3.05, 3.63) is 28.2 Å². The minimum absolute atomic E-state index is 0.439. The number of hydrogen-bond donors (Lipinski definition) is 1. The Hall–Kier alpha value is -0.540. The molecule has 2 aliphatic carbocycles. The molecule has 0 saturated heterocycles. The van der Waals surface area contributed by atoms with Gasteiger partial charge in [-0.1, -0.05) is 22.4 Å². The molecule has 1 aromatic carbocycles. The summed E-state index contributed by atoms with van der Waals surface area (Å²) in [5.41, 5.74) is 1.32. The molecule has 0 aliphatic heterocycles. The van der Waals surface area contributed by atoms with Crippen molar-refractivity contribution in [2.24, 2.45) is 17.8 Å². The van der Waals surface area contributed by atoms with E-state index in [0.29, 0.717) is 6.04 Å². The van der Waals surface area contributed by atoms with Crippen LogP contribution in [0, 0.1) is 17.8 Å². The van der Waals surface area contributed by atoms with Crippen molar-refractivity contribution in [1.82, 2.24) is 5.32 Å². The van der Waals surface area contributed by atoms with E-state index < -0.39 is 0 Å². The van der Waals surface area contributed by atoms with Gasteiger partial charge in [0.05, 0.1) is 6.61 Å². The van der Waals surface area contributed by atoms with Crippen molar-refractivity contribution in [3.8, 4) is 5.75 Å². The van der Waals surface area contributed by atoms with Crippen molar-refractivity contribution in [2.45, 2.75) is 32.2 Å². The second-order valence-corrected chi connectivity index (χ2v) is 6.63. The normalized spacial score (nSPS) is 29.9. The third-order valence-corrected chi connectivity index (χ3v) is 5.27. The largest absolute Gasteiger partial charge is 0.494 e. The lowest BCUT2D eigenvalue weighted by atomic mass is 9.96. The van der Waals surface area contributed by atoms with E-state index in [-0.39, 0.29) is 0 Å². The number of halogens is 1. The van der Waals surface area contributed by atoms with Crippen molar-refractivity contribution in [2.75, 3.05) is 13.7 Å². The van der Waals surface area contributed by atoms with Crippen molar-refractivity contribution in [3.63, 3.8) is 0 Å². The van der Waals surface area contributed by atoms with Gasteiger partial charge in [0.1, 0.15) is 5.75 Å². The molecule has 104 valence electrons. The van der Waals surface area contributed by atoms with Gasteiger partial charge >= 0.3 is 0 Å². The van der Waals surface area contributed by atoms with Crippen LogP contribution in [0.4, 0.5) is 0 Å². The van der Waals surface area contributed by atoms with Crippen LogP contribution in [0.25, 0.3) is 0 Å². The number of nitrogens with one attached hydrogen (secondary N) is 1. The number of ether oxygens (including phenoxy) is 1. The summed E-state index contributed by atoms with van der Waals surface area (Å²) >= 11 is 3.59. The second kappa shape index (κ2) is 5.45. The molecule has 0 amide bonds. The maximum absolute atomic E-state index is 5.81. The molecule has 0 bridgehead atoms. The summed E-state index contributed by atoms with van der Waals surface area (Å²) in [7, 11) is 2.08. The van der Waals surface area contributed by atoms with Crippen LogP contribution in [0.15, 0.2) is 22.7 Å². The first-order chi connectivity index (χ1) is 9.26. The van der Waals surface area contributed by atoms with E-state index in [1.54, 1.807) is 0 Å². The number of hydrogen-bond acceptors (Lipinski definition) is 2. The zero-order chi connectivity index (χ0) is 13.4. The van der Waals surface area contributed by atoms with Gasteiger partial charge in [-0.3, -0.25) is 0 Å². The SMILES string of the molecule is CCOc1ccc(Br)cc1C(NC)C1C2CCCC21. The highest BCUT2D eigenvalue weighted by atomic mass is 79.9. The highest BCUT2D eigenvalue weighted by molar-refractivity contribution is 9.10. The third kappa shape index (κ3) is 2.43. The zero-order valence-electron chi connectivity index (χ0n) is 11.7. The molecule has 2 saturated carbocycles. The smallest absolute Gasteiger partial charge is 0.124 e. The molecule has 3 unspecified atom stereocenters. The standard InChI is InChI=1S/C16H22BrNO/c1-3-19-14-8-7-10(17)9-13(14)16(18-2)15-11-5-4-6-12(11)15/h7-9,11-12,15-16,18H,3-6H2,1-2H3. The average molecular weight is 324 g/mol. The van der Waals surface area contributed by atoms with Gasteiger partial charge in [-0.2, -0.15) is 0 Å². The van der Waals surface area contributed by atoms with Crippen molar-refractivity contribution in [1.29, 1.82) is 0 Å². The highest BCUT2D eigenvalue weighted by Gasteiger charge is 2.56. The Balaban J connectivity index is 1.88. The molecule has 2 fully saturated rings. The first-order valence-corrected chi connectivity index (χ1v) is 8.15. The van der Waals surface area contributed by atoms with E-state index in [2.05, 4.69) is 46.5 Å². The Labute approximate surface area is 124 Å². The molecule has 3 atom stereocenters. The van der Waals surface area contributed by atoms with E-state index >= 15 is 0 Å². The van der Waals surface area contributed by atoms with Crippen LogP contribution in [0.5, 0.6) is 5.75 Å². The summed E-state index contributed by atoms with van der Waals surface area (Å²) in [6.45, 7) is 2.77. The Kier molecular flexibility index (Phi) is 3.86. The van der Waals surface area contributed by atoms with Gasteiger partial charge in [-0.15, -0.1) is 0 Å². The predicted molar refractivity (Wildman–Crippen MR) is 81.4 cm³/mol. The summed E-state index contributed by atoms with van der Waals surface area (Å²) < 4.78 is 6.95. The first-order valence-electron chi connectivity index (χ1n) is 7.35. The molecule has 0 spiro atoms. The maximum Gasteiger partial charge on any atom is 0.124 e. The van der Waals surface area contributed by atoms with Gasteiger partial charge < -0.3 is 10.1 Å². The number of fused-ring (bicyclic) bond motifs is 1. The fraction of sp³-hybridized carbons (Fsp3) is 0.625. The van der Waals surface area contributed by atoms with Gasteiger partial charge in [0, 0.05) is 16.1 Å². The number of benzene rings is 1.